The van der Waals surface area contributed by atoms with Gasteiger partial charge in [-0.3, -0.25) is 4.79 Å². The highest BCUT2D eigenvalue weighted by atomic mass is 35.5. The molecule has 1 unspecified atom stereocenters. The summed E-state index contributed by atoms with van der Waals surface area (Å²) >= 11 is 7.13. The summed E-state index contributed by atoms with van der Waals surface area (Å²) in [6, 6.07) is 12.8. The van der Waals surface area contributed by atoms with Gasteiger partial charge >= 0.3 is 5.97 Å². The summed E-state index contributed by atoms with van der Waals surface area (Å²) in [6.45, 7) is 1.40. The molecule has 1 heterocycles. The Labute approximate surface area is 163 Å². The average Bonchev–Trinajstić information content (AvgIpc) is 3.14. The highest BCUT2D eigenvalue weighted by Gasteiger charge is 2.22. The number of carbonyl (C=O) groups excluding carboxylic acids is 2. The first-order valence-corrected chi connectivity index (χ1v) is 9.17. The molecule has 1 N–H and O–H groups in total. The number of carbonyl (C=O) groups is 2. The zero-order chi connectivity index (χ0) is 19.4. The van der Waals surface area contributed by atoms with E-state index in [1.54, 1.807) is 35.7 Å². The second kappa shape index (κ2) is 8.28. The van der Waals surface area contributed by atoms with Gasteiger partial charge in [-0.25, -0.2) is 14.2 Å². The minimum Gasteiger partial charge on any atom is -0.448 e. The summed E-state index contributed by atoms with van der Waals surface area (Å²) in [5.74, 6) is -1.94. The number of halogens is 2. The molecule has 1 atom stereocenters. The molecule has 0 radical (unpaired) electrons. The predicted octanol–water partition coefficient (Wildman–Crippen LogP) is 4.79. The van der Waals surface area contributed by atoms with Crippen LogP contribution in [0.15, 0.2) is 53.9 Å². The Morgan fingerprint density at radius 3 is 2.59 bits per heavy atom. The van der Waals surface area contributed by atoms with Gasteiger partial charge in [-0.15, -0.1) is 11.3 Å². The van der Waals surface area contributed by atoms with E-state index in [1.807, 2.05) is 0 Å². The molecule has 27 heavy (non-hydrogen) atoms. The number of para-hydroxylation sites is 1. The van der Waals surface area contributed by atoms with Gasteiger partial charge in [0.25, 0.3) is 5.91 Å². The molecule has 0 bridgehead atoms. The van der Waals surface area contributed by atoms with Crippen molar-refractivity contribution in [2.75, 3.05) is 5.32 Å². The lowest BCUT2D eigenvalue weighted by atomic mass is 10.2. The number of anilines is 1. The lowest BCUT2D eigenvalue weighted by Gasteiger charge is -2.13. The van der Waals surface area contributed by atoms with Crippen molar-refractivity contribution in [3.8, 4) is 10.6 Å². The Balaban J connectivity index is 1.64. The molecule has 0 aliphatic carbocycles. The smallest absolute Gasteiger partial charge is 0.358 e. The fraction of sp³-hybridized carbons (Fsp3) is 0.105. The molecule has 3 rings (SSSR count). The number of hydrogen-bond acceptors (Lipinski definition) is 5. The number of aromatic nitrogens is 1. The summed E-state index contributed by atoms with van der Waals surface area (Å²) in [4.78, 5) is 28.6. The van der Waals surface area contributed by atoms with Crippen LogP contribution in [0.4, 0.5) is 10.1 Å². The number of rotatable bonds is 5. The van der Waals surface area contributed by atoms with Crippen LogP contribution < -0.4 is 5.32 Å². The molecular formula is C19H14ClFN2O3S. The largest absolute Gasteiger partial charge is 0.448 e. The van der Waals surface area contributed by atoms with Gasteiger partial charge in [0.2, 0.25) is 0 Å². The van der Waals surface area contributed by atoms with Gasteiger partial charge in [0.15, 0.2) is 11.8 Å². The Bertz CT molecular complexity index is 975. The van der Waals surface area contributed by atoms with E-state index < -0.39 is 23.8 Å². The van der Waals surface area contributed by atoms with Gasteiger partial charge in [0.05, 0.1) is 5.69 Å². The van der Waals surface area contributed by atoms with Crippen molar-refractivity contribution >= 4 is 40.5 Å². The fourth-order valence-electron chi connectivity index (χ4n) is 2.16. The third kappa shape index (κ3) is 4.69. The molecule has 1 aromatic heterocycles. The number of nitrogens with zero attached hydrogens (tertiary/aromatic N) is 1. The van der Waals surface area contributed by atoms with E-state index in [4.69, 9.17) is 16.3 Å². The second-order valence-corrected chi connectivity index (χ2v) is 6.86. The summed E-state index contributed by atoms with van der Waals surface area (Å²) < 4.78 is 18.7. The maximum Gasteiger partial charge on any atom is 0.358 e. The second-order valence-electron chi connectivity index (χ2n) is 5.56. The number of benzene rings is 2. The van der Waals surface area contributed by atoms with Crippen molar-refractivity contribution < 1.29 is 18.7 Å². The highest BCUT2D eigenvalue weighted by Crippen LogP contribution is 2.25. The molecule has 138 valence electrons. The molecule has 0 fully saturated rings. The summed E-state index contributed by atoms with van der Waals surface area (Å²) in [7, 11) is 0. The Hall–Kier alpha value is -2.77. The lowest BCUT2D eigenvalue weighted by molar-refractivity contribution is -0.123. The Morgan fingerprint density at radius 1 is 1.19 bits per heavy atom. The Morgan fingerprint density at radius 2 is 1.89 bits per heavy atom. The molecule has 0 saturated heterocycles. The summed E-state index contributed by atoms with van der Waals surface area (Å²) in [5.41, 5.74) is 0.924. The van der Waals surface area contributed by atoms with Gasteiger partial charge in [0.1, 0.15) is 10.8 Å². The molecule has 8 heteroatoms. The van der Waals surface area contributed by atoms with Crippen molar-refractivity contribution in [3.63, 3.8) is 0 Å². The van der Waals surface area contributed by atoms with E-state index >= 15 is 0 Å². The summed E-state index contributed by atoms with van der Waals surface area (Å²) in [6.07, 6.45) is -1.11. The van der Waals surface area contributed by atoms with Gasteiger partial charge < -0.3 is 10.1 Å². The molecule has 0 aliphatic heterocycles. The quantitative estimate of drug-likeness (QED) is 0.621. The van der Waals surface area contributed by atoms with E-state index in [0.29, 0.717) is 10.0 Å². The topological polar surface area (TPSA) is 68.3 Å². The van der Waals surface area contributed by atoms with Gasteiger partial charge in [0, 0.05) is 16.0 Å². The molecule has 2 aromatic carbocycles. The predicted molar refractivity (Wildman–Crippen MR) is 102 cm³/mol. The molecule has 0 spiro atoms. The van der Waals surface area contributed by atoms with Crippen LogP contribution in [0.1, 0.15) is 17.4 Å². The number of nitrogens with one attached hydrogen (secondary N) is 1. The van der Waals surface area contributed by atoms with Crippen LogP contribution in [0.25, 0.3) is 10.6 Å². The normalized spacial score (nSPS) is 11.7. The maximum absolute atomic E-state index is 13.6. The fourth-order valence-corrected chi connectivity index (χ4v) is 3.09. The van der Waals surface area contributed by atoms with Crippen LogP contribution in [0.5, 0.6) is 0 Å². The SMILES string of the molecule is CC(OC(=O)c1csc(-c2ccc(Cl)cc2)n1)C(=O)Nc1ccccc1F. The Kier molecular flexibility index (Phi) is 5.83. The van der Waals surface area contributed by atoms with Crippen LogP contribution in [0.2, 0.25) is 5.02 Å². The highest BCUT2D eigenvalue weighted by molar-refractivity contribution is 7.13. The van der Waals surface area contributed by atoms with Crippen molar-refractivity contribution in [3.05, 3.63) is 70.4 Å². The molecule has 5 nitrogen and oxygen atoms in total. The van der Waals surface area contributed by atoms with Crippen molar-refractivity contribution in [2.24, 2.45) is 0 Å². The monoisotopic (exact) mass is 404 g/mol. The standard InChI is InChI=1S/C19H14ClFN2O3S/c1-11(17(24)22-15-5-3-2-4-14(15)21)26-19(25)16-10-27-18(23-16)12-6-8-13(20)9-7-12/h2-11H,1H3,(H,22,24). The third-order valence-corrected chi connectivity index (χ3v) is 4.73. The lowest BCUT2D eigenvalue weighted by Crippen LogP contribution is -2.30. The first-order chi connectivity index (χ1) is 12.9. The van der Waals surface area contributed by atoms with Crippen molar-refractivity contribution in [1.29, 1.82) is 0 Å². The van der Waals surface area contributed by atoms with Crippen LogP contribution in [0, 0.1) is 5.82 Å². The van der Waals surface area contributed by atoms with Crippen molar-refractivity contribution in [1.82, 2.24) is 4.98 Å². The van der Waals surface area contributed by atoms with E-state index in [1.165, 1.54) is 36.5 Å². The number of amides is 1. The van der Waals surface area contributed by atoms with Crippen LogP contribution >= 0.6 is 22.9 Å². The van der Waals surface area contributed by atoms with E-state index in [9.17, 15) is 14.0 Å². The number of hydrogen-bond donors (Lipinski definition) is 1. The molecular weight excluding hydrogens is 391 g/mol. The van der Waals surface area contributed by atoms with Gasteiger partial charge in [-0.05, 0) is 31.2 Å². The van der Waals surface area contributed by atoms with E-state index in [-0.39, 0.29) is 11.4 Å². The van der Waals surface area contributed by atoms with Gasteiger partial charge in [-0.1, -0.05) is 35.9 Å². The zero-order valence-electron chi connectivity index (χ0n) is 14.1. The van der Waals surface area contributed by atoms with Crippen molar-refractivity contribution in [2.45, 2.75) is 13.0 Å². The number of thiazole rings is 1. The zero-order valence-corrected chi connectivity index (χ0v) is 15.7. The summed E-state index contributed by atoms with van der Waals surface area (Å²) in [5, 5.41) is 5.16. The number of ether oxygens (including phenoxy) is 1. The first-order valence-electron chi connectivity index (χ1n) is 7.92. The van der Waals surface area contributed by atoms with Gasteiger partial charge in [-0.2, -0.15) is 0 Å². The minimum absolute atomic E-state index is 0.0177. The van der Waals surface area contributed by atoms with Crippen LogP contribution in [-0.2, 0) is 9.53 Å². The van der Waals surface area contributed by atoms with Crippen LogP contribution in [-0.4, -0.2) is 23.0 Å². The molecule has 0 aliphatic rings. The van der Waals surface area contributed by atoms with E-state index in [0.717, 1.165) is 5.56 Å². The molecule has 1 amide bonds. The molecule has 3 aromatic rings. The maximum atomic E-state index is 13.6. The van der Waals surface area contributed by atoms with Crippen LogP contribution in [0.3, 0.4) is 0 Å². The van der Waals surface area contributed by atoms with E-state index in [2.05, 4.69) is 10.3 Å². The number of esters is 1. The molecule has 0 saturated carbocycles. The first kappa shape index (κ1) is 19.0. The third-order valence-electron chi connectivity index (χ3n) is 3.59. The minimum atomic E-state index is -1.11. The average molecular weight is 405 g/mol.